The minimum absolute atomic E-state index is 0.509. The zero-order chi connectivity index (χ0) is 16.7. The number of nitrogens with zero attached hydrogens (tertiary/aromatic N) is 1. The third kappa shape index (κ3) is 5.50. The van der Waals surface area contributed by atoms with Crippen LogP contribution in [0.4, 0.5) is 0 Å². The normalized spacial score (nSPS) is 21.3. The number of rotatable bonds is 6. The highest BCUT2D eigenvalue weighted by Gasteiger charge is 2.24. The van der Waals surface area contributed by atoms with E-state index in [9.17, 15) is 0 Å². The first-order chi connectivity index (χ1) is 11.2. The van der Waals surface area contributed by atoms with Gasteiger partial charge in [-0.05, 0) is 44.6 Å². The fourth-order valence-corrected chi connectivity index (χ4v) is 3.78. The first-order valence-electron chi connectivity index (χ1n) is 8.07. The van der Waals surface area contributed by atoms with Crippen molar-refractivity contribution in [2.45, 2.75) is 44.0 Å². The lowest BCUT2D eigenvalue weighted by Gasteiger charge is -2.18. The smallest absolute Gasteiger partial charge is 0.191 e. The highest BCUT2D eigenvalue weighted by atomic mass is 35.5. The van der Waals surface area contributed by atoms with Crippen molar-refractivity contribution in [1.82, 2.24) is 10.6 Å². The molecule has 0 bridgehead atoms. The Morgan fingerprint density at radius 3 is 2.91 bits per heavy atom. The molecule has 2 rings (SSSR count). The van der Waals surface area contributed by atoms with Crippen molar-refractivity contribution >= 4 is 29.3 Å². The predicted molar refractivity (Wildman–Crippen MR) is 101 cm³/mol. The van der Waals surface area contributed by atoms with Crippen LogP contribution in [0.2, 0.25) is 5.02 Å². The van der Waals surface area contributed by atoms with Crippen LogP contribution in [0.15, 0.2) is 23.2 Å². The number of hydrogen-bond acceptors (Lipinski definition) is 3. The lowest BCUT2D eigenvalue weighted by atomic mass is 10.2. The molecule has 23 heavy (non-hydrogen) atoms. The Balaban J connectivity index is 1.91. The minimum Gasteiger partial charge on any atom is -0.493 e. The topological polar surface area (TPSA) is 45.6 Å². The lowest BCUT2D eigenvalue weighted by Crippen LogP contribution is -2.42. The van der Waals surface area contributed by atoms with E-state index in [0.717, 1.165) is 22.5 Å². The van der Waals surface area contributed by atoms with E-state index >= 15 is 0 Å². The van der Waals surface area contributed by atoms with Gasteiger partial charge in [-0.2, -0.15) is 11.8 Å². The second-order valence-corrected chi connectivity index (χ2v) is 7.20. The summed E-state index contributed by atoms with van der Waals surface area (Å²) in [6, 6.07) is 6.25. The van der Waals surface area contributed by atoms with Gasteiger partial charge in [0.05, 0.1) is 6.61 Å². The fourth-order valence-electron chi connectivity index (χ4n) is 2.82. The number of halogens is 1. The van der Waals surface area contributed by atoms with E-state index in [1.54, 1.807) is 0 Å². The van der Waals surface area contributed by atoms with Crippen molar-refractivity contribution in [3.05, 3.63) is 28.8 Å². The van der Waals surface area contributed by atoms with Gasteiger partial charge in [-0.25, -0.2) is 0 Å². The summed E-state index contributed by atoms with van der Waals surface area (Å²) >= 11 is 8.01. The number of hydrogen-bond donors (Lipinski definition) is 2. The molecular formula is C17H26ClN3OS. The zero-order valence-corrected chi connectivity index (χ0v) is 15.6. The second-order valence-electron chi connectivity index (χ2n) is 5.62. The molecule has 0 radical (unpaired) electrons. The van der Waals surface area contributed by atoms with Crippen LogP contribution in [0, 0.1) is 0 Å². The molecule has 1 aliphatic rings. The maximum absolute atomic E-state index is 6.04. The first kappa shape index (κ1) is 18.3. The Morgan fingerprint density at radius 1 is 1.43 bits per heavy atom. The fraction of sp³-hybridized carbons (Fsp3) is 0.588. The Hall–Kier alpha value is -1.07. The van der Waals surface area contributed by atoms with Crippen molar-refractivity contribution in [2.75, 3.05) is 19.9 Å². The van der Waals surface area contributed by atoms with Gasteiger partial charge in [-0.15, -0.1) is 0 Å². The van der Waals surface area contributed by atoms with Crippen LogP contribution in [-0.2, 0) is 6.54 Å². The number of nitrogens with one attached hydrogen (secondary N) is 2. The highest BCUT2D eigenvalue weighted by molar-refractivity contribution is 7.99. The van der Waals surface area contributed by atoms with E-state index < -0.39 is 0 Å². The zero-order valence-electron chi connectivity index (χ0n) is 14.1. The number of thioether (sulfide) groups is 1. The summed E-state index contributed by atoms with van der Waals surface area (Å²) in [5, 5.41) is 8.35. The molecule has 0 heterocycles. The molecule has 0 spiro atoms. The van der Waals surface area contributed by atoms with E-state index in [0.29, 0.717) is 24.2 Å². The summed E-state index contributed by atoms with van der Waals surface area (Å²) in [5.74, 6) is 1.67. The van der Waals surface area contributed by atoms with Crippen LogP contribution in [0.5, 0.6) is 5.75 Å². The van der Waals surface area contributed by atoms with Crippen LogP contribution < -0.4 is 15.4 Å². The minimum atomic E-state index is 0.509. The predicted octanol–water partition coefficient (Wildman–Crippen LogP) is 3.69. The van der Waals surface area contributed by atoms with Crippen LogP contribution in [0.3, 0.4) is 0 Å². The molecule has 4 nitrogen and oxygen atoms in total. The largest absolute Gasteiger partial charge is 0.493 e. The molecule has 1 aromatic rings. The number of benzene rings is 1. The first-order valence-corrected chi connectivity index (χ1v) is 9.74. The third-order valence-electron chi connectivity index (χ3n) is 4.06. The number of aliphatic imine (C=N–C) groups is 1. The summed E-state index contributed by atoms with van der Waals surface area (Å²) in [7, 11) is 1.81. The number of ether oxygens (including phenoxy) is 1. The van der Waals surface area contributed by atoms with Gasteiger partial charge in [0.2, 0.25) is 0 Å². The molecule has 1 aliphatic carbocycles. The van der Waals surface area contributed by atoms with E-state index in [1.165, 1.54) is 19.3 Å². The molecule has 2 N–H and O–H groups in total. The molecule has 0 saturated heterocycles. The van der Waals surface area contributed by atoms with Crippen molar-refractivity contribution in [3.8, 4) is 5.75 Å². The quantitative estimate of drug-likeness (QED) is 0.603. The molecule has 2 atom stereocenters. The maximum atomic E-state index is 6.04. The highest BCUT2D eigenvalue weighted by Crippen LogP contribution is 2.28. The summed E-state index contributed by atoms with van der Waals surface area (Å²) in [6.07, 6.45) is 5.88. The van der Waals surface area contributed by atoms with Crippen LogP contribution in [0.25, 0.3) is 0 Å². The van der Waals surface area contributed by atoms with Crippen LogP contribution >= 0.6 is 23.4 Å². The molecule has 0 aromatic heterocycles. The van der Waals surface area contributed by atoms with E-state index in [4.69, 9.17) is 16.3 Å². The Kier molecular flexibility index (Phi) is 7.37. The molecule has 0 aliphatic heterocycles. The lowest BCUT2D eigenvalue weighted by molar-refractivity contribution is 0.336. The van der Waals surface area contributed by atoms with E-state index in [2.05, 4.69) is 21.9 Å². The van der Waals surface area contributed by atoms with Gasteiger partial charge in [0.15, 0.2) is 5.96 Å². The second kappa shape index (κ2) is 9.28. The van der Waals surface area contributed by atoms with Gasteiger partial charge in [0.25, 0.3) is 0 Å². The van der Waals surface area contributed by atoms with Gasteiger partial charge >= 0.3 is 0 Å². The molecule has 0 amide bonds. The van der Waals surface area contributed by atoms with Crippen molar-refractivity contribution in [2.24, 2.45) is 4.99 Å². The molecule has 2 unspecified atom stereocenters. The van der Waals surface area contributed by atoms with Gasteiger partial charge in [0, 0.05) is 35.5 Å². The average Bonchev–Trinajstić information content (AvgIpc) is 3.00. The molecule has 1 fully saturated rings. The van der Waals surface area contributed by atoms with E-state index in [1.807, 2.05) is 43.9 Å². The Labute approximate surface area is 148 Å². The summed E-state index contributed by atoms with van der Waals surface area (Å²) in [4.78, 5) is 4.33. The molecular weight excluding hydrogens is 330 g/mol. The van der Waals surface area contributed by atoms with Crippen LogP contribution in [-0.4, -0.2) is 37.2 Å². The van der Waals surface area contributed by atoms with Gasteiger partial charge < -0.3 is 15.4 Å². The van der Waals surface area contributed by atoms with Crippen molar-refractivity contribution < 1.29 is 4.74 Å². The number of guanidine groups is 1. The van der Waals surface area contributed by atoms with Gasteiger partial charge in [0.1, 0.15) is 5.75 Å². The van der Waals surface area contributed by atoms with Crippen LogP contribution in [0.1, 0.15) is 31.7 Å². The molecule has 1 saturated carbocycles. The third-order valence-corrected chi connectivity index (χ3v) is 5.39. The summed E-state index contributed by atoms with van der Waals surface area (Å²) in [5.41, 5.74) is 1.08. The SMILES string of the molecule is CCOc1cc(Cl)ccc1CNC(=NC)NC1CCC(SC)C1. The summed E-state index contributed by atoms with van der Waals surface area (Å²) < 4.78 is 5.66. The Bertz CT molecular complexity index is 539. The standard InChI is InChI=1S/C17H26ClN3OS/c1-4-22-16-9-13(18)6-5-12(16)11-20-17(19-2)21-14-7-8-15(10-14)23-3/h5-6,9,14-15H,4,7-8,10-11H2,1-3H3,(H2,19,20,21). The van der Waals surface area contributed by atoms with Gasteiger partial charge in [-0.3, -0.25) is 4.99 Å². The van der Waals surface area contributed by atoms with Crippen molar-refractivity contribution in [1.29, 1.82) is 0 Å². The maximum Gasteiger partial charge on any atom is 0.191 e. The summed E-state index contributed by atoms with van der Waals surface area (Å²) in [6.45, 7) is 3.25. The molecule has 1 aromatic carbocycles. The average molecular weight is 356 g/mol. The Morgan fingerprint density at radius 2 is 2.26 bits per heavy atom. The molecule has 6 heteroatoms. The molecule has 128 valence electrons. The van der Waals surface area contributed by atoms with E-state index in [-0.39, 0.29) is 0 Å². The van der Waals surface area contributed by atoms with Gasteiger partial charge in [-0.1, -0.05) is 17.7 Å². The monoisotopic (exact) mass is 355 g/mol. The van der Waals surface area contributed by atoms with Crippen molar-refractivity contribution in [3.63, 3.8) is 0 Å².